The Labute approximate surface area is 91.3 Å². The summed E-state index contributed by atoms with van der Waals surface area (Å²) >= 11 is 0. The maximum Gasteiger partial charge on any atom is 0.0738 e. The second-order valence-corrected chi connectivity index (χ2v) is 4.47. The largest absolute Gasteiger partial charge is 0.396 e. The van der Waals surface area contributed by atoms with E-state index in [9.17, 15) is 0 Å². The molecule has 15 heavy (non-hydrogen) atoms. The molecule has 0 saturated heterocycles. The Bertz CT molecular complexity index is 318. The van der Waals surface area contributed by atoms with E-state index < -0.39 is 0 Å². The van der Waals surface area contributed by atoms with Crippen molar-refractivity contribution in [2.75, 3.05) is 24.2 Å². The first-order valence-corrected chi connectivity index (χ1v) is 5.68. The molecule has 0 aliphatic heterocycles. The van der Waals surface area contributed by atoms with E-state index in [1.807, 2.05) is 6.07 Å². The van der Waals surface area contributed by atoms with Crippen LogP contribution in [0.2, 0.25) is 0 Å². The van der Waals surface area contributed by atoms with Crippen LogP contribution in [0.25, 0.3) is 0 Å². The zero-order valence-corrected chi connectivity index (χ0v) is 9.32. The molecular formula is C12H19N3. The van der Waals surface area contributed by atoms with E-state index >= 15 is 0 Å². The fourth-order valence-corrected chi connectivity index (χ4v) is 2.43. The minimum atomic E-state index is 0.776. The lowest BCUT2D eigenvalue weighted by atomic mass is 10.1. The molecule has 0 radical (unpaired) electrons. The maximum absolute atomic E-state index is 5.89. The van der Waals surface area contributed by atoms with Gasteiger partial charge in [-0.15, -0.1) is 0 Å². The van der Waals surface area contributed by atoms with Crippen molar-refractivity contribution in [2.24, 2.45) is 5.92 Å². The molecule has 3 nitrogen and oxygen atoms in total. The molecule has 1 aromatic rings. The van der Waals surface area contributed by atoms with Crippen molar-refractivity contribution in [3.8, 4) is 0 Å². The summed E-state index contributed by atoms with van der Waals surface area (Å²) in [5, 5.41) is 0. The summed E-state index contributed by atoms with van der Waals surface area (Å²) < 4.78 is 0. The van der Waals surface area contributed by atoms with Crippen molar-refractivity contribution in [1.82, 2.24) is 4.98 Å². The van der Waals surface area contributed by atoms with Crippen LogP contribution in [0.5, 0.6) is 0 Å². The summed E-state index contributed by atoms with van der Waals surface area (Å²) in [7, 11) is 2.12. The van der Waals surface area contributed by atoms with Gasteiger partial charge in [0.15, 0.2) is 0 Å². The van der Waals surface area contributed by atoms with Gasteiger partial charge >= 0.3 is 0 Å². The van der Waals surface area contributed by atoms with Crippen molar-refractivity contribution in [1.29, 1.82) is 0 Å². The average molecular weight is 205 g/mol. The van der Waals surface area contributed by atoms with Crippen molar-refractivity contribution >= 4 is 11.4 Å². The molecule has 2 N–H and O–H groups in total. The molecule has 3 heteroatoms. The minimum absolute atomic E-state index is 0.776. The van der Waals surface area contributed by atoms with Gasteiger partial charge in [0.1, 0.15) is 0 Å². The number of hydrogen-bond donors (Lipinski definition) is 1. The molecule has 1 aromatic heterocycles. The number of nitrogens with zero attached hydrogens (tertiary/aromatic N) is 2. The lowest BCUT2D eigenvalue weighted by Gasteiger charge is -2.24. The van der Waals surface area contributed by atoms with E-state index in [1.165, 1.54) is 25.7 Å². The van der Waals surface area contributed by atoms with Gasteiger partial charge in [-0.05, 0) is 24.8 Å². The highest BCUT2D eigenvalue weighted by molar-refractivity contribution is 5.65. The first-order chi connectivity index (χ1) is 7.27. The van der Waals surface area contributed by atoms with Crippen LogP contribution >= 0.6 is 0 Å². The summed E-state index contributed by atoms with van der Waals surface area (Å²) in [5.74, 6) is 0.850. The van der Waals surface area contributed by atoms with Gasteiger partial charge < -0.3 is 10.6 Å². The predicted molar refractivity (Wildman–Crippen MR) is 63.9 cm³/mol. The molecule has 0 spiro atoms. The topological polar surface area (TPSA) is 42.2 Å². The van der Waals surface area contributed by atoms with Gasteiger partial charge in [-0.1, -0.05) is 12.8 Å². The lowest BCUT2D eigenvalue weighted by Crippen LogP contribution is -2.24. The molecule has 0 atom stereocenters. The van der Waals surface area contributed by atoms with Crippen LogP contribution < -0.4 is 10.6 Å². The van der Waals surface area contributed by atoms with Crippen LogP contribution in [0.4, 0.5) is 11.4 Å². The normalized spacial score (nSPS) is 16.9. The van der Waals surface area contributed by atoms with Crippen LogP contribution in [-0.4, -0.2) is 18.6 Å². The Morgan fingerprint density at radius 3 is 2.87 bits per heavy atom. The van der Waals surface area contributed by atoms with Gasteiger partial charge in [0.2, 0.25) is 0 Å². The van der Waals surface area contributed by atoms with Crippen LogP contribution in [0.15, 0.2) is 18.5 Å². The van der Waals surface area contributed by atoms with Gasteiger partial charge in [0.05, 0.1) is 17.6 Å². The van der Waals surface area contributed by atoms with Gasteiger partial charge in [-0.25, -0.2) is 0 Å². The zero-order valence-electron chi connectivity index (χ0n) is 9.32. The third kappa shape index (κ3) is 2.41. The molecular weight excluding hydrogens is 186 g/mol. The second-order valence-electron chi connectivity index (χ2n) is 4.47. The van der Waals surface area contributed by atoms with Crippen LogP contribution in [0.3, 0.4) is 0 Å². The third-order valence-corrected chi connectivity index (χ3v) is 3.25. The Kier molecular flexibility index (Phi) is 3.09. The Hall–Kier alpha value is -1.25. The van der Waals surface area contributed by atoms with Crippen LogP contribution in [0, 0.1) is 5.92 Å². The molecule has 1 saturated carbocycles. The minimum Gasteiger partial charge on any atom is -0.396 e. The Balaban J connectivity index is 2.00. The van der Waals surface area contributed by atoms with Crippen LogP contribution in [-0.2, 0) is 0 Å². The average Bonchev–Trinajstić information content (AvgIpc) is 2.71. The molecule has 82 valence electrons. The first-order valence-electron chi connectivity index (χ1n) is 5.68. The predicted octanol–water partition coefficient (Wildman–Crippen LogP) is 2.29. The van der Waals surface area contributed by atoms with E-state index in [0.29, 0.717) is 0 Å². The summed E-state index contributed by atoms with van der Waals surface area (Å²) in [6, 6.07) is 1.99. The quantitative estimate of drug-likeness (QED) is 0.823. The number of pyridine rings is 1. The lowest BCUT2D eigenvalue weighted by molar-refractivity contribution is 0.547. The van der Waals surface area contributed by atoms with Gasteiger partial charge in [-0.2, -0.15) is 0 Å². The SMILES string of the molecule is CN(CC1CCCC1)c1ccncc1N. The summed E-state index contributed by atoms with van der Waals surface area (Å²) in [6.07, 6.45) is 9.05. The van der Waals surface area contributed by atoms with Crippen LogP contribution in [0.1, 0.15) is 25.7 Å². The number of aromatic nitrogens is 1. The molecule has 0 aromatic carbocycles. The summed E-state index contributed by atoms with van der Waals surface area (Å²) in [6.45, 7) is 1.12. The maximum atomic E-state index is 5.89. The van der Waals surface area contributed by atoms with E-state index in [4.69, 9.17) is 5.73 Å². The summed E-state index contributed by atoms with van der Waals surface area (Å²) in [4.78, 5) is 6.26. The van der Waals surface area contributed by atoms with Crippen molar-refractivity contribution in [3.05, 3.63) is 18.5 Å². The molecule has 0 amide bonds. The highest BCUT2D eigenvalue weighted by Crippen LogP contribution is 2.28. The third-order valence-electron chi connectivity index (χ3n) is 3.25. The Morgan fingerprint density at radius 2 is 2.20 bits per heavy atom. The number of nitrogens with two attached hydrogens (primary N) is 1. The molecule has 1 aliphatic rings. The van der Waals surface area contributed by atoms with Gasteiger partial charge in [0.25, 0.3) is 0 Å². The highest BCUT2D eigenvalue weighted by Gasteiger charge is 2.17. The first kappa shape index (κ1) is 10.3. The van der Waals surface area contributed by atoms with Gasteiger partial charge in [0, 0.05) is 19.8 Å². The fourth-order valence-electron chi connectivity index (χ4n) is 2.43. The number of nitrogen functional groups attached to an aromatic ring is 1. The van der Waals surface area contributed by atoms with E-state index in [-0.39, 0.29) is 0 Å². The van der Waals surface area contributed by atoms with Crippen molar-refractivity contribution in [3.63, 3.8) is 0 Å². The molecule has 1 heterocycles. The Morgan fingerprint density at radius 1 is 1.47 bits per heavy atom. The highest BCUT2D eigenvalue weighted by atomic mass is 15.1. The molecule has 0 bridgehead atoms. The summed E-state index contributed by atoms with van der Waals surface area (Å²) in [5.41, 5.74) is 7.78. The molecule has 1 fully saturated rings. The standard InChI is InChI=1S/C12H19N3/c1-15(9-10-4-2-3-5-10)12-6-7-14-8-11(12)13/h6-8,10H,2-5,9,13H2,1H3. The second kappa shape index (κ2) is 4.51. The number of rotatable bonds is 3. The van der Waals surface area contributed by atoms with E-state index in [0.717, 1.165) is 23.8 Å². The zero-order chi connectivity index (χ0) is 10.7. The molecule has 1 aliphatic carbocycles. The van der Waals surface area contributed by atoms with E-state index in [1.54, 1.807) is 12.4 Å². The molecule has 2 rings (SSSR count). The van der Waals surface area contributed by atoms with Gasteiger partial charge in [-0.3, -0.25) is 4.98 Å². The van der Waals surface area contributed by atoms with Crippen molar-refractivity contribution in [2.45, 2.75) is 25.7 Å². The monoisotopic (exact) mass is 205 g/mol. The fraction of sp³-hybridized carbons (Fsp3) is 0.583. The number of anilines is 2. The number of hydrogen-bond acceptors (Lipinski definition) is 3. The smallest absolute Gasteiger partial charge is 0.0738 e. The van der Waals surface area contributed by atoms with E-state index in [2.05, 4.69) is 16.9 Å². The molecule has 0 unspecified atom stereocenters. The van der Waals surface area contributed by atoms with Crippen molar-refractivity contribution < 1.29 is 0 Å².